The third kappa shape index (κ3) is 3.85. The van der Waals surface area contributed by atoms with E-state index in [0.29, 0.717) is 13.2 Å². The molecule has 0 rings (SSSR count). The van der Waals surface area contributed by atoms with Gasteiger partial charge in [0.1, 0.15) is 0 Å². The van der Waals surface area contributed by atoms with E-state index in [9.17, 15) is 9.59 Å². The number of likely N-dealkylation sites (N-methyl/N-ethyl adjacent to an activating group) is 1. The molecule has 0 aliphatic heterocycles. The van der Waals surface area contributed by atoms with Gasteiger partial charge in [0, 0.05) is 27.3 Å². The van der Waals surface area contributed by atoms with Crippen LogP contribution in [0.5, 0.6) is 0 Å². The van der Waals surface area contributed by atoms with Crippen LogP contribution in [-0.4, -0.2) is 50.2 Å². The average Bonchev–Trinajstić information content (AvgIpc) is 2.15. The second kappa shape index (κ2) is 6.50. The summed E-state index contributed by atoms with van der Waals surface area (Å²) < 4.78 is 9.99. The second-order valence-electron chi connectivity index (χ2n) is 2.81. The molecule has 0 aromatic heterocycles. The van der Waals surface area contributed by atoms with Crippen molar-refractivity contribution < 1.29 is 19.1 Å². The first-order chi connectivity index (χ1) is 6.54. The Balaban J connectivity index is 4.34. The number of carbonyl (C=O) groups is 2. The molecule has 0 N–H and O–H groups in total. The zero-order chi connectivity index (χ0) is 11.1. The van der Waals surface area contributed by atoms with Crippen LogP contribution in [0, 0.1) is 0 Å². The Kier molecular flexibility index (Phi) is 6.07. The Hall–Kier alpha value is -0.940. The number of ketones is 1. The number of Topliss-reactive ketones (excluding diaryl/α,β-unsaturated/α-hetero) is 1. The molecule has 5 nitrogen and oxygen atoms in total. The summed E-state index contributed by atoms with van der Waals surface area (Å²) in [5.74, 6) is -1.28. The lowest BCUT2D eigenvalue weighted by Crippen LogP contribution is -2.40. The van der Waals surface area contributed by atoms with Crippen molar-refractivity contribution in [2.45, 2.75) is 20.1 Å². The van der Waals surface area contributed by atoms with Gasteiger partial charge in [0.25, 0.3) is 11.7 Å². The number of nitrogens with zero attached hydrogens (tertiary/aromatic N) is 1. The number of amides is 1. The minimum absolute atomic E-state index is 0.330. The van der Waals surface area contributed by atoms with E-state index in [1.165, 1.54) is 19.0 Å². The fourth-order valence-corrected chi connectivity index (χ4v) is 0.823. The van der Waals surface area contributed by atoms with Crippen LogP contribution < -0.4 is 0 Å². The van der Waals surface area contributed by atoms with Crippen LogP contribution in [0.1, 0.15) is 13.8 Å². The molecule has 5 heteroatoms. The van der Waals surface area contributed by atoms with Gasteiger partial charge in [0.15, 0.2) is 0 Å². The Morgan fingerprint density at radius 3 is 1.86 bits per heavy atom. The van der Waals surface area contributed by atoms with Crippen molar-refractivity contribution in [2.75, 3.05) is 27.3 Å². The normalized spacial score (nSPS) is 10.4. The predicted octanol–water partition coefficient (Wildman–Crippen LogP) is 0.0428. The smallest absolute Gasteiger partial charge is 0.294 e. The van der Waals surface area contributed by atoms with E-state index in [4.69, 9.17) is 9.47 Å². The third-order valence-corrected chi connectivity index (χ3v) is 1.47. The molecule has 0 heterocycles. The van der Waals surface area contributed by atoms with E-state index in [2.05, 4.69) is 0 Å². The lowest BCUT2D eigenvalue weighted by Gasteiger charge is -2.17. The zero-order valence-corrected chi connectivity index (χ0v) is 9.07. The van der Waals surface area contributed by atoms with Gasteiger partial charge in [0.05, 0.1) is 0 Å². The highest BCUT2D eigenvalue weighted by molar-refractivity contribution is 6.37. The molecule has 1 amide bonds. The third-order valence-electron chi connectivity index (χ3n) is 1.47. The minimum atomic E-state index is -1.07. The van der Waals surface area contributed by atoms with E-state index in [1.807, 2.05) is 0 Å². The number of hydrogen-bond acceptors (Lipinski definition) is 4. The topological polar surface area (TPSA) is 55.8 Å². The molecule has 0 unspecified atom stereocenters. The van der Waals surface area contributed by atoms with Gasteiger partial charge in [-0.15, -0.1) is 0 Å². The van der Waals surface area contributed by atoms with Crippen LogP contribution in [0.15, 0.2) is 0 Å². The molecule has 0 aliphatic carbocycles. The summed E-state index contributed by atoms with van der Waals surface area (Å²) in [6.07, 6.45) is -1.07. The lowest BCUT2D eigenvalue weighted by molar-refractivity contribution is -0.174. The molecule has 0 radical (unpaired) electrons. The fraction of sp³-hybridized carbons (Fsp3) is 0.778. The molecule has 0 fully saturated rings. The maximum atomic E-state index is 11.4. The van der Waals surface area contributed by atoms with Crippen LogP contribution >= 0.6 is 0 Å². The van der Waals surface area contributed by atoms with E-state index in [1.54, 1.807) is 13.8 Å². The van der Waals surface area contributed by atoms with Gasteiger partial charge in [0.2, 0.25) is 6.29 Å². The van der Waals surface area contributed by atoms with E-state index >= 15 is 0 Å². The highest BCUT2D eigenvalue weighted by atomic mass is 16.7. The van der Waals surface area contributed by atoms with Crippen molar-refractivity contribution in [1.82, 2.24) is 4.90 Å². The van der Waals surface area contributed by atoms with Gasteiger partial charge in [-0.25, -0.2) is 0 Å². The quantitative estimate of drug-likeness (QED) is 0.452. The minimum Gasteiger partial charge on any atom is -0.346 e. The molecular weight excluding hydrogens is 186 g/mol. The first-order valence-electron chi connectivity index (χ1n) is 4.53. The highest BCUT2D eigenvalue weighted by Gasteiger charge is 2.27. The van der Waals surface area contributed by atoms with Crippen molar-refractivity contribution >= 4 is 11.7 Å². The largest absolute Gasteiger partial charge is 0.346 e. The summed E-state index contributed by atoms with van der Waals surface area (Å²) in [6.45, 7) is 4.13. The van der Waals surface area contributed by atoms with Crippen LogP contribution in [0.4, 0.5) is 0 Å². The van der Waals surface area contributed by atoms with Gasteiger partial charge >= 0.3 is 0 Å². The molecule has 0 aromatic carbocycles. The van der Waals surface area contributed by atoms with Crippen molar-refractivity contribution in [3.63, 3.8) is 0 Å². The summed E-state index contributed by atoms with van der Waals surface area (Å²) in [4.78, 5) is 23.9. The Labute approximate surface area is 84.0 Å². The van der Waals surface area contributed by atoms with Crippen LogP contribution in [0.25, 0.3) is 0 Å². The summed E-state index contributed by atoms with van der Waals surface area (Å²) in [7, 11) is 3.02. The molecule has 82 valence electrons. The molecule has 0 spiro atoms. The molecule has 0 saturated heterocycles. The molecule has 0 aromatic rings. The summed E-state index contributed by atoms with van der Waals surface area (Å²) in [5.41, 5.74) is 0. The van der Waals surface area contributed by atoms with Gasteiger partial charge < -0.3 is 14.4 Å². The molecule has 14 heavy (non-hydrogen) atoms. The zero-order valence-electron chi connectivity index (χ0n) is 9.07. The van der Waals surface area contributed by atoms with Crippen molar-refractivity contribution in [1.29, 1.82) is 0 Å². The number of hydrogen-bond donors (Lipinski definition) is 0. The summed E-state index contributed by atoms with van der Waals surface area (Å²) in [6, 6.07) is 0. The first kappa shape index (κ1) is 13.1. The van der Waals surface area contributed by atoms with Crippen molar-refractivity contribution in [3.05, 3.63) is 0 Å². The van der Waals surface area contributed by atoms with Crippen LogP contribution in [0.3, 0.4) is 0 Å². The fourth-order valence-electron chi connectivity index (χ4n) is 0.823. The Bertz CT molecular complexity index is 197. The van der Waals surface area contributed by atoms with Crippen LogP contribution in [-0.2, 0) is 19.1 Å². The number of carbonyl (C=O) groups excluding carboxylic acids is 2. The van der Waals surface area contributed by atoms with Gasteiger partial charge in [-0.1, -0.05) is 0 Å². The number of rotatable bonds is 6. The molecule has 0 saturated carbocycles. The lowest BCUT2D eigenvalue weighted by atomic mass is 10.3. The van der Waals surface area contributed by atoms with Gasteiger partial charge in [-0.2, -0.15) is 0 Å². The second-order valence-corrected chi connectivity index (χ2v) is 2.81. The standard InChI is InChI=1S/C9H17NO4/c1-5-13-9(14-6-2)7(11)8(12)10(3)4/h9H,5-6H2,1-4H3. The van der Waals surface area contributed by atoms with E-state index in [-0.39, 0.29) is 0 Å². The maximum Gasteiger partial charge on any atom is 0.294 e. The Morgan fingerprint density at radius 1 is 1.14 bits per heavy atom. The molecule has 0 atom stereocenters. The maximum absolute atomic E-state index is 11.4. The highest BCUT2D eigenvalue weighted by Crippen LogP contribution is 1.99. The molecular formula is C9H17NO4. The molecule has 0 aliphatic rings. The van der Waals surface area contributed by atoms with Gasteiger partial charge in [-0.3, -0.25) is 9.59 Å². The molecule has 0 bridgehead atoms. The average molecular weight is 203 g/mol. The van der Waals surface area contributed by atoms with Crippen molar-refractivity contribution in [2.24, 2.45) is 0 Å². The van der Waals surface area contributed by atoms with Gasteiger partial charge in [-0.05, 0) is 13.8 Å². The Morgan fingerprint density at radius 2 is 1.57 bits per heavy atom. The first-order valence-corrected chi connectivity index (χ1v) is 4.53. The van der Waals surface area contributed by atoms with Crippen molar-refractivity contribution in [3.8, 4) is 0 Å². The number of ether oxygens (including phenoxy) is 2. The van der Waals surface area contributed by atoms with Crippen LogP contribution in [0.2, 0.25) is 0 Å². The SMILES string of the molecule is CCOC(OCC)C(=O)C(=O)N(C)C. The monoisotopic (exact) mass is 203 g/mol. The predicted molar refractivity (Wildman–Crippen MR) is 50.7 cm³/mol. The summed E-state index contributed by atoms with van der Waals surface area (Å²) in [5, 5.41) is 0. The van der Waals surface area contributed by atoms with E-state index in [0.717, 1.165) is 0 Å². The summed E-state index contributed by atoms with van der Waals surface area (Å²) >= 11 is 0. The van der Waals surface area contributed by atoms with E-state index < -0.39 is 18.0 Å².